The van der Waals surface area contributed by atoms with Crippen molar-refractivity contribution in [2.24, 2.45) is 5.73 Å². The van der Waals surface area contributed by atoms with Crippen molar-refractivity contribution in [3.8, 4) is 0 Å². The number of methoxy groups -OCH3 is 1. The van der Waals surface area contributed by atoms with Gasteiger partial charge in [-0.3, -0.25) is 4.90 Å². The van der Waals surface area contributed by atoms with E-state index < -0.39 is 0 Å². The Balaban J connectivity index is 2.70. The lowest BCUT2D eigenvalue weighted by Crippen LogP contribution is -2.59. The Morgan fingerprint density at radius 1 is 1.47 bits per heavy atom. The monoisotopic (exact) mass is 214 g/mol. The summed E-state index contributed by atoms with van der Waals surface area (Å²) < 4.78 is 5.32. The number of hydrogen-bond donors (Lipinski definition) is 1. The summed E-state index contributed by atoms with van der Waals surface area (Å²) in [6.07, 6.45) is 5.20. The lowest BCUT2D eigenvalue weighted by Gasteiger charge is -2.47. The maximum Gasteiger partial charge on any atom is 0.0656 e. The van der Waals surface area contributed by atoms with E-state index in [1.807, 2.05) is 0 Å². The van der Waals surface area contributed by atoms with Crippen molar-refractivity contribution in [1.82, 2.24) is 4.90 Å². The van der Waals surface area contributed by atoms with Gasteiger partial charge in [0.25, 0.3) is 0 Å². The number of rotatable bonds is 5. The molecule has 1 heterocycles. The Morgan fingerprint density at radius 3 is 2.73 bits per heavy atom. The van der Waals surface area contributed by atoms with Crippen molar-refractivity contribution in [1.29, 1.82) is 0 Å². The van der Waals surface area contributed by atoms with Crippen molar-refractivity contribution < 1.29 is 4.74 Å². The molecule has 1 aliphatic rings. The molecule has 0 bridgehead atoms. The summed E-state index contributed by atoms with van der Waals surface area (Å²) in [6.45, 7) is 7.09. The molecule has 0 spiro atoms. The molecule has 90 valence electrons. The summed E-state index contributed by atoms with van der Waals surface area (Å²) in [5, 5.41) is 0. The molecule has 1 saturated heterocycles. The lowest BCUT2D eigenvalue weighted by molar-refractivity contribution is -0.0181. The van der Waals surface area contributed by atoms with Crippen molar-refractivity contribution >= 4 is 0 Å². The highest BCUT2D eigenvalue weighted by atomic mass is 16.5. The molecule has 0 amide bonds. The molecule has 0 aromatic heterocycles. The Kier molecular flexibility index (Phi) is 5.03. The van der Waals surface area contributed by atoms with Gasteiger partial charge in [-0.1, -0.05) is 13.3 Å². The molecule has 1 rings (SSSR count). The Bertz CT molecular complexity index is 186. The summed E-state index contributed by atoms with van der Waals surface area (Å²) in [7, 11) is 1.76. The quantitative estimate of drug-likeness (QED) is 0.755. The van der Waals surface area contributed by atoms with Crippen LogP contribution >= 0.6 is 0 Å². The van der Waals surface area contributed by atoms with Gasteiger partial charge in [-0.25, -0.2) is 0 Å². The van der Waals surface area contributed by atoms with Gasteiger partial charge in [0.15, 0.2) is 0 Å². The minimum atomic E-state index is 0.0237. The third-order valence-electron chi connectivity index (χ3n) is 3.69. The maximum atomic E-state index is 5.92. The summed E-state index contributed by atoms with van der Waals surface area (Å²) in [4.78, 5) is 2.57. The fourth-order valence-corrected chi connectivity index (χ4v) is 2.71. The Hall–Kier alpha value is -0.120. The van der Waals surface area contributed by atoms with Crippen molar-refractivity contribution in [2.75, 3.05) is 26.8 Å². The highest BCUT2D eigenvalue weighted by Crippen LogP contribution is 2.27. The molecule has 0 aliphatic carbocycles. The first-order chi connectivity index (χ1) is 7.18. The molecule has 2 N–H and O–H groups in total. The minimum Gasteiger partial charge on any atom is -0.383 e. The van der Waals surface area contributed by atoms with E-state index in [0.29, 0.717) is 12.6 Å². The molecular formula is C12H26N2O. The molecule has 0 aromatic rings. The Morgan fingerprint density at radius 2 is 2.20 bits per heavy atom. The van der Waals surface area contributed by atoms with Gasteiger partial charge in [0.2, 0.25) is 0 Å². The van der Waals surface area contributed by atoms with Gasteiger partial charge < -0.3 is 10.5 Å². The van der Waals surface area contributed by atoms with E-state index in [9.17, 15) is 0 Å². The van der Waals surface area contributed by atoms with Crippen LogP contribution in [0.2, 0.25) is 0 Å². The van der Waals surface area contributed by atoms with Crippen LogP contribution in [0.1, 0.15) is 39.5 Å². The molecule has 1 aliphatic heterocycles. The second-order valence-corrected chi connectivity index (χ2v) is 4.89. The van der Waals surface area contributed by atoms with E-state index in [-0.39, 0.29) is 5.54 Å². The average molecular weight is 214 g/mol. The van der Waals surface area contributed by atoms with Crippen molar-refractivity contribution in [3.63, 3.8) is 0 Å². The molecule has 2 unspecified atom stereocenters. The van der Waals surface area contributed by atoms with Crippen LogP contribution in [0, 0.1) is 0 Å². The average Bonchev–Trinajstić information content (AvgIpc) is 2.29. The third kappa shape index (κ3) is 2.92. The number of likely N-dealkylation sites (tertiary alicyclic amines) is 1. The van der Waals surface area contributed by atoms with Crippen molar-refractivity contribution in [2.45, 2.75) is 51.1 Å². The highest BCUT2D eigenvalue weighted by molar-refractivity contribution is 4.92. The molecule has 0 saturated carbocycles. The molecule has 1 fully saturated rings. The van der Waals surface area contributed by atoms with Crippen LogP contribution < -0.4 is 5.73 Å². The topological polar surface area (TPSA) is 38.5 Å². The predicted molar refractivity (Wildman–Crippen MR) is 64.0 cm³/mol. The minimum absolute atomic E-state index is 0.0237. The van der Waals surface area contributed by atoms with E-state index in [4.69, 9.17) is 10.5 Å². The van der Waals surface area contributed by atoms with Crippen LogP contribution in [0.25, 0.3) is 0 Å². The molecule has 2 atom stereocenters. The van der Waals surface area contributed by atoms with Gasteiger partial charge >= 0.3 is 0 Å². The SMILES string of the molecule is CCC1CCCCN1C(C)(CN)COC. The predicted octanol–water partition coefficient (Wildman–Crippen LogP) is 1.61. The lowest BCUT2D eigenvalue weighted by atomic mass is 9.91. The fraction of sp³-hybridized carbons (Fsp3) is 1.00. The summed E-state index contributed by atoms with van der Waals surface area (Å²) in [5.74, 6) is 0. The van der Waals surface area contributed by atoms with Gasteiger partial charge in [-0.2, -0.15) is 0 Å². The van der Waals surface area contributed by atoms with Gasteiger partial charge in [-0.15, -0.1) is 0 Å². The van der Waals surface area contributed by atoms with Gasteiger partial charge in [0, 0.05) is 19.7 Å². The van der Waals surface area contributed by atoms with Gasteiger partial charge in [-0.05, 0) is 32.7 Å². The zero-order valence-corrected chi connectivity index (χ0v) is 10.5. The maximum absolute atomic E-state index is 5.92. The van der Waals surface area contributed by atoms with Crippen molar-refractivity contribution in [3.05, 3.63) is 0 Å². The van der Waals surface area contributed by atoms with Crippen LogP contribution in [0.3, 0.4) is 0 Å². The number of nitrogens with two attached hydrogens (primary N) is 1. The molecule has 0 radical (unpaired) electrons. The molecule has 3 nitrogen and oxygen atoms in total. The van der Waals surface area contributed by atoms with E-state index in [0.717, 1.165) is 6.61 Å². The van der Waals surface area contributed by atoms with Gasteiger partial charge in [0.05, 0.1) is 12.1 Å². The molecule has 3 heteroatoms. The zero-order chi connectivity index (χ0) is 11.3. The van der Waals surface area contributed by atoms with Gasteiger partial charge in [0.1, 0.15) is 0 Å². The van der Waals surface area contributed by atoms with E-state index in [2.05, 4.69) is 18.7 Å². The van der Waals surface area contributed by atoms with E-state index in [1.54, 1.807) is 7.11 Å². The van der Waals surface area contributed by atoms with Crippen LogP contribution in [-0.4, -0.2) is 43.3 Å². The first-order valence-corrected chi connectivity index (χ1v) is 6.13. The largest absolute Gasteiger partial charge is 0.383 e. The van der Waals surface area contributed by atoms with Crippen LogP contribution in [0.15, 0.2) is 0 Å². The number of hydrogen-bond acceptors (Lipinski definition) is 3. The first kappa shape index (κ1) is 12.9. The van der Waals surface area contributed by atoms with E-state index >= 15 is 0 Å². The summed E-state index contributed by atoms with van der Waals surface area (Å²) in [5.41, 5.74) is 5.94. The van der Waals surface area contributed by atoms with Crippen LogP contribution in [0.4, 0.5) is 0 Å². The summed E-state index contributed by atoms with van der Waals surface area (Å²) in [6, 6.07) is 0.697. The zero-order valence-electron chi connectivity index (χ0n) is 10.5. The summed E-state index contributed by atoms with van der Waals surface area (Å²) >= 11 is 0. The van der Waals surface area contributed by atoms with E-state index in [1.165, 1.54) is 32.2 Å². The second kappa shape index (κ2) is 5.83. The molecular weight excluding hydrogens is 188 g/mol. The first-order valence-electron chi connectivity index (χ1n) is 6.13. The number of piperidine rings is 1. The fourth-order valence-electron chi connectivity index (χ4n) is 2.71. The Labute approximate surface area is 94.0 Å². The second-order valence-electron chi connectivity index (χ2n) is 4.89. The third-order valence-corrected chi connectivity index (χ3v) is 3.69. The smallest absolute Gasteiger partial charge is 0.0656 e. The van der Waals surface area contributed by atoms with Crippen LogP contribution in [0.5, 0.6) is 0 Å². The molecule has 0 aromatic carbocycles. The number of ether oxygens (including phenoxy) is 1. The highest BCUT2D eigenvalue weighted by Gasteiger charge is 2.36. The normalized spacial score (nSPS) is 27.6. The van der Waals surface area contributed by atoms with Crippen LogP contribution in [-0.2, 0) is 4.74 Å². The number of nitrogens with zero attached hydrogens (tertiary/aromatic N) is 1. The molecule has 15 heavy (non-hydrogen) atoms. The standard InChI is InChI=1S/C12H26N2O/c1-4-11-7-5-6-8-14(11)12(2,9-13)10-15-3/h11H,4-10,13H2,1-3H3.